The minimum Gasteiger partial charge on any atom is -0.278 e. The summed E-state index contributed by atoms with van der Waals surface area (Å²) in [5, 5.41) is 17.2. The number of hydrogen-bond acceptors (Lipinski definition) is 2. The summed E-state index contributed by atoms with van der Waals surface area (Å²) in [5.74, 6) is -0.422. The average molecular weight is 237 g/mol. The van der Waals surface area contributed by atoms with Crippen LogP contribution in [0.15, 0.2) is 42.6 Å². The van der Waals surface area contributed by atoms with Crippen molar-refractivity contribution in [2.24, 2.45) is 0 Å². The van der Waals surface area contributed by atoms with E-state index in [0.29, 0.717) is 11.3 Å². The number of nitrogens with zero attached hydrogens (tertiary/aromatic N) is 2. The summed E-state index contributed by atoms with van der Waals surface area (Å²) in [7, 11) is 0. The molecule has 1 heterocycles. The molecule has 0 atom stereocenters. The highest BCUT2D eigenvalue weighted by atomic mass is 19.1. The molecule has 0 saturated heterocycles. The van der Waals surface area contributed by atoms with Crippen molar-refractivity contribution in [3.05, 3.63) is 54.0 Å². The number of hydrogen-bond donors (Lipinski definition) is 1. The van der Waals surface area contributed by atoms with E-state index in [1.54, 1.807) is 12.1 Å². The first-order valence-corrected chi connectivity index (χ1v) is 5.42. The average Bonchev–Trinajstić information content (AvgIpc) is 2.90. The Morgan fingerprint density at radius 1 is 1.22 bits per heavy atom. The zero-order valence-corrected chi connectivity index (χ0v) is 9.31. The molecule has 18 heavy (non-hydrogen) atoms. The number of aromatic amines is 1. The molecule has 0 aliphatic heterocycles. The van der Waals surface area contributed by atoms with Gasteiger partial charge in [-0.05, 0) is 17.5 Å². The Kier molecular flexibility index (Phi) is 2.31. The van der Waals surface area contributed by atoms with Crippen LogP contribution in [0.2, 0.25) is 0 Å². The number of H-pyrrole nitrogens is 1. The molecule has 0 aliphatic rings. The third kappa shape index (κ3) is 1.45. The SMILES string of the molecule is N#Cc1c(-c2ccn[nH]2)c(F)cc2ccccc12. The van der Waals surface area contributed by atoms with Gasteiger partial charge >= 0.3 is 0 Å². The maximum atomic E-state index is 14.1. The van der Waals surface area contributed by atoms with E-state index in [4.69, 9.17) is 0 Å². The fourth-order valence-corrected chi connectivity index (χ4v) is 2.09. The number of aromatic nitrogens is 2. The molecule has 1 N–H and O–H groups in total. The largest absolute Gasteiger partial charge is 0.278 e. The van der Waals surface area contributed by atoms with E-state index in [9.17, 15) is 9.65 Å². The number of fused-ring (bicyclic) bond motifs is 1. The first-order chi connectivity index (χ1) is 8.81. The van der Waals surface area contributed by atoms with Crippen LogP contribution in [0.25, 0.3) is 22.0 Å². The number of nitrogens with one attached hydrogen (secondary N) is 1. The molecule has 86 valence electrons. The Balaban J connectivity index is 2.46. The highest BCUT2D eigenvalue weighted by Gasteiger charge is 2.15. The van der Waals surface area contributed by atoms with Crippen LogP contribution in [-0.2, 0) is 0 Å². The lowest BCUT2D eigenvalue weighted by Gasteiger charge is -2.07. The molecule has 3 rings (SSSR count). The molecule has 0 saturated carbocycles. The minimum atomic E-state index is -0.422. The van der Waals surface area contributed by atoms with Gasteiger partial charge in [0.2, 0.25) is 0 Å². The minimum absolute atomic E-state index is 0.272. The predicted molar refractivity (Wildman–Crippen MR) is 66.2 cm³/mol. The van der Waals surface area contributed by atoms with Crippen molar-refractivity contribution < 1.29 is 4.39 Å². The fourth-order valence-electron chi connectivity index (χ4n) is 2.09. The number of benzene rings is 2. The van der Waals surface area contributed by atoms with Crippen molar-refractivity contribution in [2.75, 3.05) is 0 Å². The van der Waals surface area contributed by atoms with Gasteiger partial charge in [-0.25, -0.2) is 4.39 Å². The second-order valence-electron chi connectivity index (χ2n) is 3.91. The van der Waals surface area contributed by atoms with Crippen LogP contribution in [0.1, 0.15) is 5.56 Å². The highest BCUT2D eigenvalue weighted by molar-refractivity contribution is 5.94. The van der Waals surface area contributed by atoms with Gasteiger partial charge in [-0.15, -0.1) is 0 Å². The van der Waals surface area contributed by atoms with Crippen LogP contribution in [0.4, 0.5) is 4.39 Å². The van der Waals surface area contributed by atoms with Crippen molar-refractivity contribution in [3.8, 4) is 17.3 Å². The Morgan fingerprint density at radius 3 is 2.78 bits per heavy atom. The molecular weight excluding hydrogens is 229 g/mol. The van der Waals surface area contributed by atoms with Crippen molar-refractivity contribution in [2.45, 2.75) is 0 Å². The van der Waals surface area contributed by atoms with Crippen LogP contribution in [0.3, 0.4) is 0 Å². The molecule has 0 radical (unpaired) electrons. The molecule has 2 aromatic carbocycles. The monoisotopic (exact) mass is 237 g/mol. The van der Waals surface area contributed by atoms with E-state index in [-0.39, 0.29) is 5.56 Å². The van der Waals surface area contributed by atoms with Crippen molar-refractivity contribution in [3.63, 3.8) is 0 Å². The second-order valence-corrected chi connectivity index (χ2v) is 3.91. The first-order valence-electron chi connectivity index (χ1n) is 5.42. The van der Waals surface area contributed by atoms with E-state index < -0.39 is 5.82 Å². The lowest BCUT2D eigenvalue weighted by Crippen LogP contribution is -1.92. The summed E-state index contributed by atoms with van der Waals surface area (Å²) in [6.45, 7) is 0. The zero-order chi connectivity index (χ0) is 12.5. The molecule has 0 spiro atoms. The summed E-state index contributed by atoms with van der Waals surface area (Å²) < 4.78 is 14.1. The quantitative estimate of drug-likeness (QED) is 0.706. The maximum Gasteiger partial charge on any atom is 0.134 e. The summed E-state index contributed by atoms with van der Waals surface area (Å²) in [6, 6.07) is 12.4. The van der Waals surface area contributed by atoms with E-state index >= 15 is 0 Å². The molecule has 1 aromatic heterocycles. The van der Waals surface area contributed by atoms with Gasteiger partial charge in [-0.1, -0.05) is 24.3 Å². The van der Waals surface area contributed by atoms with Crippen molar-refractivity contribution in [1.29, 1.82) is 5.26 Å². The normalized spacial score (nSPS) is 10.4. The third-order valence-corrected chi connectivity index (χ3v) is 2.88. The Hall–Kier alpha value is -2.67. The summed E-state index contributed by atoms with van der Waals surface area (Å²) >= 11 is 0. The van der Waals surface area contributed by atoms with Gasteiger partial charge in [0.25, 0.3) is 0 Å². The van der Waals surface area contributed by atoms with Crippen molar-refractivity contribution in [1.82, 2.24) is 10.2 Å². The molecule has 3 aromatic rings. The summed E-state index contributed by atoms with van der Waals surface area (Å²) in [5.41, 5.74) is 1.11. The van der Waals surface area contributed by atoms with Crippen LogP contribution in [0.5, 0.6) is 0 Å². The van der Waals surface area contributed by atoms with Crippen molar-refractivity contribution >= 4 is 10.8 Å². The highest BCUT2D eigenvalue weighted by Crippen LogP contribution is 2.31. The van der Waals surface area contributed by atoms with Gasteiger partial charge in [0.05, 0.1) is 16.8 Å². The standard InChI is InChI=1S/C14H8FN3/c15-12-7-9-3-1-2-4-10(9)11(8-16)14(12)13-5-6-17-18-13/h1-7H,(H,17,18). The summed E-state index contributed by atoms with van der Waals surface area (Å²) in [6.07, 6.45) is 1.53. The number of nitriles is 1. The third-order valence-electron chi connectivity index (χ3n) is 2.88. The van der Waals surface area contributed by atoms with Gasteiger partial charge in [-0.2, -0.15) is 10.4 Å². The van der Waals surface area contributed by atoms with E-state index in [1.165, 1.54) is 12.3 Å². The number of halogens is 1. The molecule has 0 bridgehead atoms. The van der Waals surface area contributed by atoms with Gasteiger partial charge in [0.1, 0.15) is 11.9 Å². The maximum absolute atomic E-state index is 14.1. The van der Waals surface area contributed by atoms with Gasteiger partial charge in [0.15, 0.2) is 0 Å². The Bertz CT molecular complexity index is 755. The van der Waals surface area contributed by atoms with Crippen LogP contribution >= 0.6 is 0 Å². The molecule has 0 unspecified atom stereocenters. The van der Waals surface area contributed by atoms with Gasteiger partial charge < -0.3 is 0 Å². The zero-order valence-electron chi connectivity index (χ0n) is 9.31. The first kappa shape index (κ1) is 10.5. The molecule has 0 amide bonds. The summed E-state index contributed by atoms with van der Waals surface area (Å²) in [4.78, 5) is 0. The molecule has 0 fully saturated rings. The molecule has 0 aliphatic carbocycles. The smallest absolute Gasteiger partial charge is 0.134 e. The molecule has 3 nitrogen and oxygen atoms in total. The van der Waals surface area contributed by atoms with Gasteiger partial charge in [-0.3, -0.25) is 5.10 Å². The lowest BCUT2D eigenvalue weighted by molar-refractivity contribution is 0.632. The Morgan fingerprint density at radius 2 is 2.06 bits per heavy atom. The van der Waals surface area contributed by atoms with Gasteiger partial charge in [0, 0.05) is 11.6 Å². The van der Waals surface area contributed by atoms with Crippen LogP contribution < -0.4 is 0 Å². The Labute approximate surface area is 102 Å². The lowest BCUT2D eigenvalue weighted by atomic mass is 9.97. The fraction of sp³-hybridized carbons (Fsp3) is 0. The number of rotatable bonds is 1. The topological polar surface area (TPSA) is 52.5 Å². The van der Waals surface area contributed by atoms with Crippen LogP contribution in [-0.4, -0.2) is 10.2 Å². The predicted octanol–water partition coefficient (Wildman–Crippen LogP) is 3.24. The van der Waals surface area contributed by atoms with E-state index in [2.05, 4.69) is 16.3 Å². The van der Waals surface area contributed by atoms with E-state index in [1.807, 2.05) is 18.2 Å². The van der Waals surface area contributed by atoms with Crippen LogP contribution in [0, 0.1) is 17.1 Å². The second kappa shape index (κ2) is 3.97. The van der Waals surface area contributed by atoms with E-state index in [0.717, 1.165) is 10.8 Å². The molecule has 4 heteroatoms. The molecular formula is C14H8FN3.